The maximum absolute atomic E-state index is 13.8. The van der Waals surface area contributed by atoms with Crippen LogP contribution in [0, 0.1) is 5.82 Å². The Hall–Kier alpha value is -1.82. The zero-order valence-electron chi connectivity index (χ0n) is 10.6. The molecular weight excluding hydrogens is 277 g/mol. The van der Waals surface area contributed by atoms with Crippen LogP contribution in [0.4, 0.5) is 14.9 Å². The van der Waals surface area contributed by atoms with Gasteiger partial charge in [0.2, 0.25) is 0 Å². The van der Waals surface area contributed by atoms with E-state index in [0.29, 0.717) is 0 Å². The standard InChI is InChI=1S/C12H13ClFNO4/c1-12(2,3)19-11(18)15-9-6(10(16)17)4-5-7(13)8(9)14/h4-5H,1-3H3,(H,15,18)(H,16,17). The molecule has 2 N–H and O–H groups in total. The van der Waals surface area contributed by atoms with Gasteiger partial charge in [0, 0.05) is 0 Å². The molecule has 0 radical (unpaired) electrons. The Balaban J connectivity index is 3.09. The zero-order valence-corrected chi connectivity index (χ0v) is 11.3. The van der Waals surface area contributed by atoms with Crippen LogP contribution >= 0.6 is 11.6 Å². The smallest absolute Gasteiger partial charge is 0.412 e. The fourth-order valence-electron chi connectivity index (χ4n) is 1.26. The van der Waals surface area contributed by atoms with Crippen molar-refractivity contribution in [2.75, 3.05) is 5.32 Å². The molecule has 0 aliphatic carbocycles. The zero-order chi connectivity index (χ0) is 14.8. The Morgan fingerprint density at radius 3 is 2.42 bits per heavy atom. The first-order valence-electron chi connectivity index (χ1n) is 5.33. The fourth-order valence-corrected chi connectivity index (χ4v) is 1.41. The summed E-state index contributed by atoms with van der Waals surface area (Å²) < 4.78 is 18.7. The van der Waals surface area contributed by atoms with Gasteiger partial charge in [0.15, 0.2) is 5.82 Å². The number of rotatable bonds is 2. The van der Waals surface area contributed by atoms with Gasteiger partial charge in [0.1, 0.15) is 5.60 Å². The molecule has 1 aromatic rings. The number of ether oxygens (including phenoxy) is 1. The predicted octanol–water partition coefficient (Wildman–Crippen LogP) is 3.52. The Labute approximate surface area is 114 Å². The number of hydrogen-bond acceptors (Lipinski definition) is 3. The fraction of sp³-hybridized carbons (Fsp3) is 0.333. The van der Waals surface area contributed by atoms with Crippen molar-refractivity contribution in [3.63, 3.8) is 0 Å². The van der Waals surface area contributed by atoms with Gasteiger partial charge in [-0.25, -0.2) is 14.0 Å². The average molecular weight is 290 g/mol. The van der Waals surface area contributed by atoms with Crippen molar-refractivity contribution in [3.05, 3.63) is 28.5 Å². The highest BCUT2D eigenvalue weighted by Gasteiger charge is 2.22. The lowest BCUT2D eigenvalue weighted by atomic mass is 10.1. The summed E-state index contributed by atoms with van der Waals surface area (Å²) in [6.45, 7) is 4.87. The Kier molecular flexibility index (Phi) is 4.36. The molecule has 0 heterocycles. The monoisotopic (exact) mass is 289 g/mol. The molecule has 0 aromatic heterocycles. The number of carboxylic acid groups (broad SMARTS) is 1. The predicted molar refractivity (Wildman–Crippen MR) is 68.2 cm³/mol. The van der Waals surface area contributed by atoms with Gasteiger partial charge in [-0.1, -0.05) is 11.6 Å². The minimum atomic E-state index is -1.39. The second-order valence-corrected chi connectivity index (χ2v) is 5.12. The van der Waals surface area contributed by atoms with Crippen LogP contribution < -0.4 is 5.32 Å². The third kappa shape index (κ3) is 4.10. The Bertz CT molecular complexity index is 525. The van der Waals surface area contributed by atoms with Crippen molar-refractivity contribution in [3.8, 4) is 0 Å². The Morgan fingerprint density at radius 1 is 1.37 bits per heavy atom. The van der Waals surface area contributed by atoms with Crippen molar-refractivity contribution in [1.29, 1.82) is 0 Å². The molecule has 1 amide bonds. The summed E-state index contributed by atoms with van der Waals surface area (Å²) in [7, 11) is 0. The third-order valence-corrected chi connectivity index (χ3v) is 2.24. The van der Waals surface area contributed by atoms with E-state index in [1.165, 1.54) is 0 Å². The van der Waals surface area contributed by atoms with Crippen molar-refractivity contribution >= 4 is 29.4 Å². The van der Waals surface area contributed by atoms with Gasteiger partial charge in [-0.05, 0) is 32.9 Å². The van der Waals surface area contributed by atoms with Gasteiger partial charge in [0.05, 0.1) is 16.3 Å². The van der Waals surface area contributed by atoms with E-state index in [9.17, 15) is 14.0 Å². The SMILES string of the molecule is CC(C)(C)OC(=O)Nc1c(C(=O)O)ccc(Cl)c1F. The van der Waals surface area contributed by atoms with E-state index >= 15 is 0 Å². The lowest BCUT2D eigenvalue weighted by molar-refractivity contribution is 0.0635. The van der Waals surface area contributed by atoms with E-state index in [2.05, 4.69) is 5.32 Å². The van der Waals surface area contributed by atoms with Crippen molar-refractivity contribution in [2.45, 2.75) is 26.4 Å². The van der Waals surface area contributed by atoms with Crippen LogP contribution in [0.15, 0.2) is 12.1 Å². The molecule has 0 spiro atoms. The number of benzene rings is 1. The van der Waals surface area contributed by atoms with Gasteiger partial charge in [-0.2, -0.15) is 0 Å². The highest BCUT2D eigenvalue weighted by molar-refractivity contribution is 6.31. The first kappa shape index (κ1) is 15.2. The van der Waals surface area contributed by atoms with Crippen molar-refractivity contribution in [1.82, 2.24) is 0 Å². The molecule has 0 unspecified atom stereocenters. The molecule has 0 aliphatic heterocycles. The molecule has 0 fully saturated rings. The highest BCUT2D eigenvalue weighted by atomic mass is 35.5. The first-order valence-corrected chi connectivity index (χ1v) is 5.71. The summed E-state index contributed by atoms with van der Waals surface area (Å²) in [6, 6.07) is 2.20. The number of hydrogen-bond donors (Lipinski definition) is 2. The maximum atomic E-state index is 13.8. The number of amides is 1. The number of carbonyl (C=O) groups excluding carboxylic acids is 1. The number of carbonyl (C=O) groups is 2. The van der Waals surface area contributed by atoms with E-state index in [4.69, 9.17) is 21.4 Å². The summed E-state index contributed by atoms with van der Waals surface area (Å²) in [6.07, 6.45) is -0.962. The van der Waals surface area contributed by atoms with Crippen LogP contribution in [0.25, 0.3) is 0 Å². The molecule has 7 heteroatoms. The van der Waals surface area contributed by atoms with Crippen LogP contribution in [0.2, 0.25) is 5.02 Å². The minimum absolute atomic E-state index is 0.295. The van der Waals surface area contributed by atoms with Crippen LogP contribution in [0.1, 0.15) is 31.1 Å². The van der Waals surface area contributed by atoms with Crippen molar-refractivity contribution < 1.29 is 23.8 Å². The van der Waals surface area contributed by atoms with E-state index < -0.39 is 34.7 Å². The topological polar surface area (TPSA) is 75.6 Å². The van der Waals surface area contributed by atoms with Crippen molar-refractivity contribution in [2.24, 2.45) is 0 Å². The van der Waals surface area contributed by atoms with Gasteiger partial charge in [-0.3, -0.25) is 5.32 Å². The molecule has 0 atom stereocenters. The molecule has 0 saturated heterocycles. The van der Waals surface area contributed by atoms with E-state index in [1.807, 2.05) is 0 Å². The molecule has 0 bridgehead atoms. The number of nitrogens with one attached hydrogen (secondary N) is 1. The molecule has 5 nitrogen and oxygen atoms in total. The lowest BCUT2D eigenvalue weighted by Crippen LogP contribution is -2.28. The molecule has 1 aromatic carbocycles. The summed E-state index contributed by atoms with van der Waals surface area (Å²) in [5, 5.41) is 10.7. The number of halogens is 2. The van der Waals surface area contributed by atoms with Gasteiger partial charge in [-0.15, -0.1) is 0 Å². The van der Waals surface area contributed by atoms with E-state index in [1.54, 1.807) is 20.8 Å². The maximum Gasteiger partial charge on any atom is 0.412 e. The molecular formula is C12H13ClFNO4. The summed E-state index contributed by atoms with van der Waals surface area (Å²) in [5.41, 5.74) is -1.72. The second kappa shape index (κ2) is 5.44. The molecule has 0 saturated carbocycles. The van der Waals surface area contributed by atoms with Crippen LogP contribution in [0.5, 0.6) is 0 Å². The normalized spacial score (nSPS) is 11.0. The van der Waals surface area contributed by atoms with Crippen LogP contribution in [0.3, 0.4) is 0 Å². The van der Waals surface area contributed by atoms with E-state index in [-0.39, 0.29) is 5.02 Å². The van der Waals surface area contributed by atoms with Crippen LogP contribution in [-0.2, 0) is 4.74 Å². The number of anilines is 1. The highest BCUT2D eigenvalue weighted by Crippen LogP contribution is 2.27. The molecule has 19 heavy (non-hydrogen) atoms. The largest absolute Gasteiger partial charge is 0.478 e. The number of aromatic carboxylic acids is 1. The molecule has 0 aliphatic rings. The summed E-state index contributed by atoms with van der Waals surface area (Å²) in [4.78, 5) is 22.5. The Morgan fingerprint density at radius 2 is 1.95 bits per heavy atom. The van der Waals surface area contributed by atoms with E-state index in [0.717, 1.165) is 12.1 Å². The summed E-state index contributed by atoms with van der Waals surface area (Å²) in [5.74, 6) is -2.41. The number of carboxylic acids is 1. The second-order valence-electron chi connectivity index (χ2n) is 4.72. The van der Waals surface area contributed by atoms with Crippen LogP contribution in [-0.4, -0.2) is 22.8 Å². The van der Waals surface area contributed by atoms with Gasteiger partial charge >= 0.3 is 12.1 Å². The average Bonchev–Trinajstić information content (AvgIpc) is 2.21. The minimum Gasteiger partial charge on any atom is -0.478 e. The first-order chi connectivity index (χ1) is 8.61. The molecule has 1 rings (SSSR count). The van der Waals surface area contributed by atoms with Gasteiger partial charge in [0.25, 0.3) is 0 Å². The third-order valence-electron chi connectivity index (χ3n) is 1.95. The lowest BCUT2D eigenvalue weighted by Gasteiger charge is -2.20. The van der Waals surface area contributed by atoms with Gasteiger partial charge < -0.3 is 9.84 Å². The molecule has 104 valence electrons. The summed E-state index contributed by atoms with van der Waals surface area (Å²) >= 11 is 5.55. The quantitative estimate of drug-likeness (QED) is 0.873.